The van der Waals surface area contributed by atoms with Crippen molar-refractivity contribution in [1.82, 2.24) is 0 Å². The second-order valence-corrected chi connectivity index (χ2v) is 9.03. The van der Waals surface area contributed by atoms with E-state index in [2.05, 4.69) is 19.1 Å². The molecule has 3 aromatic rings. The lowest BCUT2D eigenvalue weighted by atomic mass is 9.91. The fraction of sp³-hybridized carbons (Fsp3) is 0.345. The number of aryl methyl sites for hydroxylation is 1. The summed E-state index contributed by atoms with van der Waals surface area (Å²) in [6, 6.07) is 15.8. The minimum absolute atomic E-state index is 0.0617. The van der Waals surface area contributed by atoms with Crippen molar-refractivity contribution in [2.45, 2.75) is 39.4 Å². The van der Waals surface area contributed by atoms with Gasteiger partial charge in [-0.1, -0.05) is 12.1 Å². The van der Waals surface area contributed by atoms with Crippen LogP contribution in [0.15, 0.2) is 48.5 Å². The summed E-state index contributed by atoms with van der Waals surface area (Å²) < 4.78 is 29.0. The van der Waals surface area contributed by atoms with Crippen LogP contribution >= 0.6 is 0 Å². The molecule has 0 aromatic heterocycles. The van der Waals surface area contributed by atoms with Crippen LogP contribution in [0.2, 0.25) is 0 Å². The van der Waals surface area contributed by atoms with Crippen molar-refractivity contribution in [2.24, 2.45) is 0 Å². The number of hydrogen-bond donors (Lipinski definition) is 1. The zero-order chi connectivity index (χ0) is 25.1. The van der Waals surface area contributed by atoms with Gasteiger partial charge in [-0.3, -0.25) is 4.79 Å². The predicted octanol–water partition coefficient (Wildman–Crippen LogP) is 5.50. The lowest BCUT2D eigenvalue weighted by Gasteiger charge is -2.24. The molecule has 0 saturated heterocycles. The first kappa shape index (κ1) is 24.0. The first-order chi connectivity index (χ1) is 17.5. The molecule has 0 fully saturated rings. The molecule has 188 valence electrons. The van der Waals surface area contributed by atoms with Gasteiger partial charge in [0.1, 0.15) is 42.8 Å². The highest BCUT2D eigenvalue weighted by atomic mass is 16.5. The second kappa shape index (κ2) is 10.5. The van der Waals surface area contributed by atoms with E-state index < -0.39 is 5.97 Å². The van der Waals surface area contributed by atoms with Crippen molar-refractivity contribution < 1.29 is 33.6 Å². The van der Waals surface area contributed by atoms with Gasteiger partial charge in [-0.2, -0.15) is 0 Å². The van der Waals surface area contributed by atoms with E-state index in [1.807, 2.05) is 43.3 Å². The molecule has 2 aliphatic heterocycles. The highest BCUT2D eigenvalue weighted by Crippen LogP contribution is 2.42. The van der Waals surface area contributed by atoms with Gasteiger partial charge in [0, 0.05) is 35.3 Å². The molecule has 0 spiro atoms. The number of carboxylic acid groups (broad SMARTS) is 1. The molecular weight excluding hydrogens is 460 g/mol. The summed E-state index contributed by atoms with van der Waals surface area (Å²) in [5.74, 6) is 2.11. The number of carbonyl (C=O) groups is 1. The highest BCUT2D eigenvalue weighted by molar-refractivity contribution is 5.79. The molecule has 0 saturated carbocycles. The van der Waals surface area contributed by atoms with Gasteiger partial charge >= 0.3 is 5.97 Å². The molecule has 2 heterocycles. The molecule has 1 atom stereocenters. The molecule has 0 radical (unpaired) electrons. The first-order valence-electron chi connectivity index (χ1n) is 12.2. The summed E-state index contributed by atoms with van der Waals surface area (Å²) >= 11 is 0. The number of carboxylic acids is 1. The van der Waals surface area contributed by atoms with Crippen molar-refractivity contribution in [3.05, 3.63) is 70.8 Å². The van der Waals surface area contributed by atoms with Crippen molar-refractivity contribution in [3.63, 3.8) is 0 Å². The summed E-state index contributed by atoms with van der Waals surface area (Å²) in [4.78, 5) is 11.1. The predicted molar refractivity (Wildman–Crippen MR) is 134 cm³/mol. The van der Waals surface area contributed by atoms with E-state index in [9.17, 15) is 4.79 Å². The molecule has 0 unspecified atom stereocenters. The number of benzene rings is 3. The van der Waals surface area contributed by atoms with E-state index in [1.54, 1.807) is 0 Å². The van der Waals surface area contributed by atoms with Crippen LogP contribution in [-0.4, -0.2) is 37.5 Å². The minimum atomic E-state index is -0.824. The molecule has 1 N–H and O–H groups in total. The Morgan fingerprint density at radius 2 is 1.89 bits per heavy atom. The quantitative estimate of drug-likeness (QED) is 0.376. The monoisotopic (exact) mass is 490 g/mol. The lowest BCUT2D eigenvalue weighted by Crippen LogP contribution is -2.10. The average Bonchev–Trinajstić information content (AvgIpc) is 3.26. The van der Waals surface area contributed by atoms with Gasteiger partial charge in [-0.25, -0.2) is 0 Å². The maximum atomic E-state index is 11.1. The van der Waals surface area contributed by atoms with Crippen molar-refractivity contribution in [3.8, 4) is 34.1 Å². The number of ether oxygens (including phenoxy) is 5. The van der Waals surface area contributed by atoms with Crippen molar-refractivity contribution in [1.29, 1.82) is 0 Å². The third-order valence-corrected chi connectivity index (χ3v) is 6.48. The van der Waals surface area contributed by atoms with Crippen LogP contribution in [0.5, 0.6) is 23.0 Å². The van der Waals surface area contributed by atoms with Crippen LogP contribution in [0.1, 0.15) is 41.5 Å². The normalized spacial score (nSPS) is 15.2. The molecule has 0 aliphatic carbocycles. The summed E-state index contributed by atoms with van der Waals surface area (Å²) in [7, 11) is 0. The molecule has 7 nitrogen and oxygen atoms in total. The third kappa shape index (κ3) is 5.11. The topological polar surface area (TPSA) is 83.5 Å². The number of hydrogen-bond acceptors (Lipinski definition) is 6. The third-order valence-electron chi connectivity index (χ3n) is 6.48. The maximum absolute atomic E-state index is 11.1. The summed E-state index contributed by atoms with van der Waals surface area (Å²) in [6.45, 7) is 7.08. The zero-order valence-electron chi connectivity index (χ0n) is 20.5. The lowest BCUT2D eigenvalue weighted by molar-refractivity contribution is -0.137. The summed E-state index contributed by atoms with van der Waals surface area (Å²) in [5.41, 5.74) is 6.39. The number of rotatable bonds is 10. The van der Waals surface area contributed by atoms with Gasteiger partial charge in [0.25, 0.3) is 0 Å². The standard InChI is InChI=1S/C29H30O7/c1-3-32-8-9-33-23-10-18(2)29-21(12-23)17-35-26-7-4-19(11-25(26)29)15-34-22-5-6-24-20(13-28(30)31)16-36-27(24)14-22/h4-7,10-12,14,20H,3,8-9,13,15-17H2,1-2H3,(H,30,31)/t20-/m1/s1. The van der Waals surface area contributed by atoms with E-state index in [-0.39, 0.29) is 12.3 Å². The van der Waals surface area contributed by atoms with Crippen molar-refractivity contribution >= 4 is 5.97 Å². The zero-order valence-corrected chi connectivity index (χ0v) is 20.5. The van der Waals surface area contributed by atoms with Crippen LogP contribution in [0.25, 0.3) is 11.1 Å². The molecule has 0 bridgehead atoms. The molecule has 36 heavy (non-hydrogen) atoms. The van der Waals surface area contributed by atoms with Gasteiger partial charge in [0.2, 0.25) is 0 Å². The second-order valence-electron chi connectivity index (χ2n) is 9.03. The van der Waals surface area contributed by atoms with E-state index in [1.165, 1.54) is 5.56 Å². The maximum Gasteiger partial charge on any atom is 0.304 e. The van der Waals surface area contributed by atoms with Crippen LogP contribution in [0.4, 0.5) is 0 Å². The Morgan fingerprint density at radius 3 is 2.72 bits per heavy atom. The first-order valence-corrected chi connectivity index (χ1v) is 12.2. The van der Waals surface area contributed by atoms with Gasteiger partial charge < -0.3 is 28.8 Å². The number of aliphatic carboxylic acids is 1. The Bertz CT molecular complexity index is 1270. The molecular formula is C29H30O7. The van der Waals surface area contributed by atoms with Gasteiger partial charge in [0.05, 0.1) is 19.6 Å². The average molecular weight is 491 g/mol. The minimum Gasteiger partial charge on any atom is -0.492 e. The smallest absolute Gasteiger partial charge is 0.304 e. The van der Waals surface area contributed by atoms with Gasteiger partial charge in [-0.05, 0) is 60.9 Å². The highest BCUT2D eigenvalue weighted by Gasteiger charge is 2.27. The fourth-order valence-electron chi connectivity index (χ4n) is 4.81. The molecule has 7 heteroatoms. The van der Waals surface area contributed by atoms with E-state index in [0.717, 1.165) is 39.3 Å². The van der Waals surface area contributed by atoms with Crippen LogP contribution in [0.3, 0.4) is 0 Å². The van der Waals surface area contributed by atoms with Gasteiger partial charge in [-0.15, -0.1) is 0 Å². The van der Waals surface area contributed by atoms with Crippen molar-refractivity contribution in [2.75, 3.05) is 26.4 Å². The molecule has 5 rings (SSSR count). The van der Waals surface area contributed by atoms with E-state index in [0.29, 0.717) is 51.1 Å². The molecule has 3 aromatic carbocycles. The summed E-state index contributed by atoms with van der Waals surface area (Å²) in [5, 5.41) is 9.09. The van der Waals surface area contributed by atoms with Crippen LogP contribution in [0, 0.1) is 6.92 Å². The Morgan fingerprint density at radius 1 is 1.00 bits per heavy atom. The van der Waals surface area contributed by atoms with E-state index >= 15 is 0 Å². The fourth-order valence-corrected chi connectivity index (χ4v) is 4.81. The largest absolute Gasteiger partial charge is 0.492 e. The Hall–Kier alpha value is -3.71. The molecule has 0 amide bonds. The van der Waals surface area contributed by atoms with Crippen LogP contribution in [-0.2, 0) is 22.7 Å². The number of fused-ring (bicyclic) bond motifs is 4. The SMILES string of the molecule is CCOCCOc1cc(C)c2c(c1)COc1ccc(COc3ccc4c(c3)OC[C@H]4CC(=O)O)cc1-2. The Balaban J connectivity index is 1.30. The molecule has 2 aliphatic rings. The van der Waals surface area contributed by atoms with E-state index in [4.69, 9.17) is 28.8 Å². The summed E-state index contributed by atoms with van der Waals surface area (Å²) in [6.07, 6.45) is 0.0617. The Kier molecular flexibility index (Phi) is 7.00. The Labute approximate surface area is 210 Å². The van der Waals surface area contributed by atoms with Crippen LogP contribution < -0.4 is 18.9 Å². The van der Waals surface area contributed by atoms with Gasteiger partial charge in [0.15, 0.2) is 0 Å².